The van der Waals surface area contributed by atoms with Crippen molar-refractivity contribution in [2.75, 3.05) is 7.11 Å². The lowest BCUT2D eigenvalue weighted by molar-refractivity contribution is 0.415. The first-order valence-electron chi connectivity index (χ1n) is 5.16. The van der Waals surface area contributed by atoms with E-state index in [1.807, 2.05) is 54.9 Å². The second kappa shape index (κ2) is 5.16. The lowest BCUT2D eigenvalue weighted by Gasteiger charge is -2.09. The van der Waals surface area contributed by atoms with E-state index in [4.69, 9.17) is 4.74 Å². The van der Waals surface area contributed by atoms with Gasteiger partial charge in [-0.2, -0.15) is 0 Å². The molecular formula is C13H14N2O. The van der Waals surface area contributed by atoms with E-state index in [1.165, 1.54) is 0 Å². The maximum Gasteiger partial charge on any atom is 0.119 e. The van der Waals surface area contributed by atoms with Gasteiger partial charge in [-0.3, -0.25) is 4.99 Å². The van der Waals surface area contributed by atoms with Crippen LogP contribution in [0, 0.1) is 0 Å². The molecule has 1 unspecified atom stereocenters. The van der Waals surface area contributed by atoms with Crippen LogP contribution in [0.4, 0.5) is 5.69 Å². The first-order chi connectivity index (χ1) is 7.88. The van der Waals surface area contributed by atoms with E-state index in [2.05, 4.69) is 10.3 Å². The van der Waals surface area contributed by atoms with Crippen molar-refractivity contribution in [3.05, 3.63) is 48.7 Å². The molecule has 0 amide bonds. The van der Waals surface area contributed by atoms with Gasteiger partial charge in [0.2, 0.25) is 0 Å². The lowest BCUT2D eigenvalue weighted by atomic mass is 10.2. The minimum Gasteiger partial charge on any atom is -0.497 e. The Morgan fingerprint density at radius 3 is 2.69 bits per heavy atom. The van der Waals surface area contributed by atoms with Gasteiger partial charge in [0.15, 0.2) is 0 Å². The number of hydrogen-bond acceptors (Lipinski definition) is 3. The van der Waals surface area contributed by atoms with Crippen molar-refractivity contribution in [2.24, 2.45) is 4.99 Å². The van der Waals surface area contributed by atoms with Crippen LogP contribution in [-0.4, -0.2) is 19.4 Å². The summed E-state index contributed by atoms with van der Waals surface area (Å²) in [5.74, 6) is 0.845. The standard InChI is InChI=1S/C13H14N2O/c1-16-13-7-5-11(6-8-13)15-10-12-4-2-3-9-14-12/h2-10,12,14H,1H3. The Hall–Kier alpha value is -2.03. The molecule has 16 heavy (non-hydrogen) atoms. The number of hydrogen-bond donors (Lipinski definition) is 1. The molecule has 1 N–H and O–H groups in total. The lowest BCUT2D eigenvalue weighted by Crippen LogP contribution is -2.24. The van der Waals surface area contributed by atoms with Gasteiger partial charge in [0, 0.05) is 6.21 Å². The molecule has 3 nitrogen and oxygen atoms in total. The molecule has 1 aliphatic heterocycles. The van der Waals surface area contributed by atoms with Crippen molar-refractivity contribution in [3.63, 3.8) is 0 Å². The van der Waals surface area contributed by atoms with Gasteiger partial charge in [-0.15, -0.1) is 0 Å². The fourth-order valence-corrected chi connectivity index (χ4v) is 1.39. The zero-order chi connectivity index (χ0) is 11.2. The Labute approximate surface area is 95.2 Å². The molecule has 0 aliphatic carbocycles. The minimum atomic E-state index is 0.173. The van der Waals surface area contributed by atoms with Gasteiger partial charge in [-0.25, -0.2) is 0 Å². The summed E-state index contributed by atoms with van der Waals surface area (Å²) in [6.45, 7) is 0. The van der Waals surface area contributed by atoms with Gasteiger partial charge in [-0.1, -0.05) is 12.2 Å². The molecular weight excluding hydrogens is 200 g/mol. The molecule has 0 saturated heterocycles. The summed E-state index contributed by atoms with van der Waals surface area (Å²) in [5, 5.41) is 3.17. The first kappa shape index (κ1) is 10.5. The van der Waals surface area contributed by atoms with Crippen molar-refractivity contribution >= 4 is 11.9 Å². The quantitative estimate of drug-likeness (QED) is 0.784. The SMILES string of the molecule is COc1ccc(N=CC2C=CC=CN2)cc1. The van der Waals surface area contributed by atoms with Gasteiger partial charge in [0.25, 0.3) is 0 Å². The van der Waals surface area contributed by atoms with E-state index in [0.717, 1.165) is 11.4 Å². The average molecular weight is 214 g/mol. The van der Waals surface area contributed by atoms with Crippen LogP contribution in [0.1, 0.15) is 0 Å². The van der Waals surface area contributed by atoms with Crippen LogP contribution < -0.4 is 10.1 Å². The van der Waals surface area contributed by atoms with Crippen LogP contribution in [0.2, 0.25) is 0 Å². The molecule has 1 heterocycles. The number of allylic oxidation sites excluding steroid dienone is 2. The Bertz CT molecular complexity index is 418. The van der Waals surface area contributed by atoms with E-state index in [9.17, 15) is 0 Å². The monoisotopic (exact) mass is 214 g/mol. The second-order valence-electron chi connectivity index (χ2n) is 3.41. The Morgan fingerprint density at radius 1 is 1.25 bits per heavy atom. The Balaban J connectivity index is 2.00. The van der Waals surface area contributed by atoms with E-state index < -0.39 is 0 Å². The topological polar surface area (TPSA) is 33.6 Å². The molecule has 82 valence electrons. The number of dihydropyridines is 1. The molecule has 0 saturated carbocycles. The van der Waals surface area contributed by atoms with Gasteiger partial charge in [0.05, 0.1) is 18.8 Å². The van der Waals surface area contributed by atoms with Crippen LogP contribution in [0.15, 0.2) is 53.7 Å². The summed E-state index contributed by atoms with van der Waals surface area (Å²) in [7, 11) is 1.65. The molecule has 0 spiro atoms. The smallest absolute Gasteiger partial charge is 0.119 e. The highest BCUT2D eigenvalue weighted by Gasteiger charge is 1.98. The fraction of sp³-hybridized carbons (Fsp3) is 0.154. The van der Waals surface area contributed by atoms with Crippen LogP contribution in [0.5, 0.6) is 5.75 Å². The molecule has 3 heteroatoms. The second-order valence-corrected chi connectivity index (χ2v) is 3.41. The molecule has 2 rings (SSSR count). The maximum atomic E-state index is 5.08. The zero-order valence-electron chi connectivity index (χ0n) is 9.13. The third kappa shape index (κ3) is 2.73. The maximum absolute atomic E-state index is 5.08. The summed E-state index contributed by atoms with van der Waals surface area (Å²) in [4.78, 5) is 4.38. The molecule has 0 radical (unpaired) electrons. The van der Waals surface area contributed by atoms with Crippen molar-refractivity contribution in [3.8, 4) is 5.75 Å². The first-order valence-corrected chi connectivity index (χ1v) is 5.16. The van der Waals surface area contributed by atoms with Crippen LogP contribution in [0.3, 0.4) is 0 Å². The predicted molar refractivity (Wildman–Crippen MR) is 66.3 cm³/mol. The van der Waals surface area contributed by atoms with E-state index >= 15 is 0 Å². The molecule has 1 aromatic rings. The average Bonchev–Trinajstić information content (AvgIpc) is 2.38. The summed E-state index contributed by atoms with van der Waals surface area (Å²) < 4.78 is 5.08. The highest BCUT2D eigenvalue weighted by atomic mass is 16.5. The van der Waals surface area contributed by atoms with E-state index in [-0.39, 0.29) is 6.04 Å². The summed E-state index contributed by atoms with van der Waals surface area (Å²) in [6.07, 6.45) is 9.79. The summed E-state index contributed by atoms with van der Waals surface area (Å²) in [6, 6.07) is 7.83. The van der Waals surface area contributed by atoms with Gasteiger partial charge < -0.3 is 10.1 Å². The third-order valence-electron chi connectivity index (χ3n) is 2.27. The summed E-state index contributed by atoms with van der Waals surface area (Å²) >= 11 is 0. The highest BCUT2D eigenvalue weighted by Crippen LogP contribution is 2.17. The molecule has 1 aliphatic rings. The fourth-order valence-electron chi connectivity index (χ4n) is 1.39. The van der Waals surface area contributed by atoms with Crippen LogP contribution in [-0.2, 0) is 0 Å². The number of methoxy groups -OCH3 is 1. The molecule has 1 atom stereocenters. The number of aliphatic imine (C=N–C) groups is 1. The van der Waals surface area contributed by atoms with Crippen molar-refractivity contribution in [2.45, 2.75) is 6.04 Å². The number of nitrogens with one attached hydrogen (secondary N) is 1. The highest BCUT2D eigenvalue weighted by molar-refractivity contribution is 5.71. The molecule has 0 bridgehead atoms. The predicted octanol–water partition coefficient (Wildman–Crippen LogP) is 2.44. The molecule has 0 fully saturated rings. The number of rotatable bonds is 3. The normalized spacial score (nSPS) is 18.7. The number of nitrogens with zero attached hydrogens (tertiary/aromatic N) is 1. The largest absolute Gasteiger partial charge is 0.497 e. The molecule has 1 aromatic carbocycles. The van der Waals surface area contributed by atoms with Crippen molar-refractivity contribution in [1.82, 2.24) is 5.32 Å². The Kier molecular flexibility index (Phi) is 3.38. The third-order valence-corrected chi connectivity index (χ3v) is 2.27. The molecule has 0 aromatic heterocycles. The Morgan fingerprint density at radius 2 is 2.06 bits per heavy atom. The van der Waals surface area contributed by atoms with E-state index in [0.29, 0.717) is 0 Å². The zero-order valence-corrected chi connectivity index (χ0v) is 9.13. The van der Waals surface area contributed by atoms with Crippen molar-refractivity contribution in [1.29, 1.82) is 0 Å². The summed E-state index contributed by atoms with van der Waals surface area (Å²) in [5.41, 5.74) is 0.922. The minimum absolute atomic E-state index is 0.173. The number of benzene rings is 1. The van der Waals surface area contributed by atoms with E-state index in [1.54, 1.807) is 7.11 Å². The van der Waals surface area contributed by atoms with Crippen LogP contribution >= 0.6 is 0 Å². The van der Waals surface area contributed by atoms with Gasteiger partial charge in [0.1, 0.15) is 5.75 Å². The van der Waals surface area contributed by atoms with Crippen molar-refractivity contribution < 1.29 is 4.74 Å². The van der Waals surface area contributed by atoms with Crippen LogP contribution in [0.25, 0.3) is 0 Å². The number of ether oxygens (including phenoxy) is 1. The van der Waals surface area contributed by atoms with Gasteiger partial charge >= 0.3 is 0 Å². The van der Waals surface area contributed by atoms with Gasteiger partial charge in [-0.05, 0) is 36.5 Å².